The maximum atomic E-state index is 10.5. The van der Waals surface area contributed by atoms with Gasteiger partial charge in [0, 0.05) is 0 Å². The number of hydrogen-bond acceptors (Lipinski definition) is 2. The van der Waals surface area contributed by atoms with E-state index < -0.39 is 6.03 Å². The van der Waals surface area contributed by atoms with Gasteiger partial charge in [-0.1, -0.05) is 25.8 Å². The van der Waals surface area contributed by atoms with E-state index in [9.17, 15) is 4.79 Å². The van der Waals surface area contributed by atoms with Gasteiger partial charge in [0.2, 0.25) is 0 Å². The zero-order chi connectivity index (χ0) is 8.15. The summed E-state index contributed by atoms with van der Waals surface area (Å²) >= 11 is 3.87. The van der Waals surface area contributed by atoms with Gasteiger partial charge in [-0.05, 0) is 6.42 Å². The molecule has 0 bridgehead atoms. The molecule has 2 amide bonds. The van der Waals surface area contributed by atoms with E-state index in [0.29, 0.717) is 0 Å². The van der Waals surface area contributed by atoms with Crippen molar-refractivity contribution in [2.45, 2.75) is 19.4 Å². The summed E-state index contributed by atoms with van der Waals surface area (Å²) in [6.07, 6.45) is 2.41. The molecule has 0 saturated heterocycles. The second kappa shape index (κ2) is 4.22. The van der Waals surface area contributed by atoms with Crippen LogP contribution in [0.15, 0.2) is 12.7 Å². The summed E-state index contributed by atoms with van der Waals surface area (Å²) in [4.78, 5) is 10.5. The Bertz CT molecular complexity index is 138. The first kappa shape index (κ1) is 9.36. The van der Waals surface area contributed by atoms with E-state index in [1.54, 1.807) is 6.08 Å². The Morgan fingerprint density at radius 2 is 2.50 bits per heavy atom. The molecule has 1 unspecified atom stereocenters. The van der Waals surface area contributed by atoms with Gasteiger partial charge in [0.1, 0.15) is 0 Å². The minimum Gasteiger partial charge on any atom is -0.351 e. The average Bonchev–Trinajstić information content (AvgIpc) is 1.90. The fourth-order valence-electron chi connectivity index (χ4n) is 0.603. The summed E-state index contributed by atoms with van der Waals surface area (Å²) in [6, 6.07) is -0.615. The minimum atomic E-state index is -0.546. The molecule has 4 heteroatoms. The quantitative estimate of drug-likeness (QED) is 0.472. The summed E-state index contributed by atoms with van der Waals surface area (Å²) in [5, 5.41) is 0. The molecule has 0 saturated carbocycles. The normalized spacial score (nSPS) is 12.2. The number of rotatable bonds is 3. The van der Waals surface area contributed by atoms with E-state index >= 15 is 0 Å². The number of amides is 2. The molecule has 10 heavy (non-hydrogen) atoms. The van der Waals surface area contributed by atoms with Crippen LogP contribution in [-0.2, 0) is 0 Å². The van der Waals surface area contributed by atoms with E-state index in [2.05, 4.69) is 19.4 Å². The van der Waals surface area contributed by atoms with Crippen molar-refractivity contribution in [3.05, 3.63) is 12.7 Å². The minimum absolute atomic E-state index is 0.0687. The highest BCUT2D eigenvalue weighted by Crippen LogP contribution is 2.06. The van der Waals surface area contributed by atoms with Crippen LogP contribution in [0.3, 0.4) is 0 Å². The molecule has 0 aliphatic rings. The van der Waals surface area contributed by atoms with Crippen LogP contribution in [0.2, 0.25) is 0 Å². The van der Waals surface area contributed by atoms with Crippen molar-refractivity contribution < 1.29 is 4.79 Å². The van der Waals surface area contributed by atoms with Gasteiger partial charge in [0.15, 0.2) is 0 Å². The first-order valence-corrected chi connectivity index (χ1v) is 3.43. The predicted molar refractivity (Wildman–Crippen MR) is 44.7 cm³/mol. The SMILES string of the molecule is C=CC(CC)N(S)C(N)=O. The molecule has 0 heterocycles. The molecule has 2 N–H and O–H groups in total. The maximum absolute atomic E-state index is 10.5. The van der Waals surface area contributed by atoms with E-state index in [1.807, 2.05) is 6.92 Å². The zero-order valence-electron chi connectivity index (χ0n) is 5.95. The summed E-state index contributed by atoms with van der Waals surface area (Å²) < 4.78 is 1.16. The summed E-state index contributed by atoms with van der Waals surface area (Å²) in [5.41, 5.74) is 4.95. The van der Waals surface area contributed by atoms with Crippen LogP contribution < -0.4 is 5.73 Å². The van der Waals surface area contributed by atoms with Crippen molar-refractivity contribution in [3.8, 4) is 0 Å². The van der Waals surface area contributed by atoms with Crippen molar-refractivity contribution >= 4 is 18.8 Å². The van der Waals surface area contributed by atoms with Crippen molar-refractivity contribution in [1.29, 1.82) is 0 Å². The molecule has 0 rings (SSSR count). The van der Waals surface area contributed by atoms with Crippen LogP contribution >= 0.6 is 12.8 Å². The van der Waals surface area contributed by atoms with E-state index in [0.717, 1.165) is 10.7 Å². The van der Waals surface area contributed by atoms with Crippen LogP contribution in [-0.4, -0.2) is 16.4 Å². The molecule has 1 atom stereocenters. The number of hydrogen-bond donors (Lipinski definition) is 2. The average molecular weight is 160 g/mol. The lowest BCUT2D eigenvalue weighted by atomic mass is 10.2. The summed E-state index contributed by atoms with van der Waals surface area (Å²) in [5.74, 6) is 0. The molecule has 0 radical (unpaired) electrons. The van der Waals surface area contributed by atoms with Gasteiger partial charge in [-0.15, -0.1) is 6.58 Å². The lowest BCUT2D eigenvalue weighted by Gasteiger charge is -2.19. The first-order chi connectivity index (χ1) is 4.63. The lowest BCUT2D eigenvalue weighted by Crippen LogP contribution is -2.35. The molecule has 0 aromatic heterocycles. The number of thiol groups is 1. The van der Waals surface area contributed by atoms with Crippen LogP contribution in [0.1, 0.15) is 13.3 Å². The molecule has 0 aliphatic carbocycles. The maximum Gasteiger partial charge on any atom is 0.325 e. The van der Waals surface area contributed by atoms with Gasteiger partial charge in [-0.3, -0.25) is 4.31 Å². The fourth-order valence-corrected chi connectivity index (χ4v) is 0.860. The zero-order valence-corrected chi connectivity index (χ0v) is 6.84. The predicted octanol–water partition coefficient (Wildman–Crippen LogP) is 1.18. The van der Waals surface area contributed by atoms with Gasteiger partial charge in [-0.2, -0.15) is 0 Å². The van der Waals surface area contributed by atoms with Crippen molar-refractivity contribution in [2.24, 2.45) is 5.73 Å². The molecular weight excluding hydrogens is 148 g/mol. The highest BCUT2D eigenvalue weighted by atomic mass is 32.1. The summed E-state index contributed by atoms with van der Waals surface area (Å²) in [7, 11) is 0. The van der Waals surface area contributed by atoms with Gasteiger partial charge >= 0.3 is 6.03 Å². The van der Waals surface area contributed by atoms with Crippen molar-refractivity contribution in [2.75, 3.05) is 0 Å². The van der Waals surface area contributed by atoms with E-state index in [-0.39, 0.29) is 6.04 Å². The third-order valence-corrected chi connectivity index (χ3v) is 1.72. The molecule has 58 valence electrons. The van der Waals surface area contributed by atoms with Gasteiger partial charge in [-0.25, -0.2) is 4.79 Å². The van der Waals surface area contributed by atoms with Crippen LogP contribution in [0.25, 0.3) is 0 Å². The third kappa shape index (κ3) is 2.31. The molecule has 0 aromatic rings. The van der Waals surface area contributed by atoms with E-state index in [1.165, 1.54) is 0 Å². The van der Waals surface area contributed by atoms with Crippen LogP contribution in [0.4, 0.5) is 4.79 Å². The first-order valence-electron chi connectivity index (χ1n) is 3.03. The lowest BCUT2D eigenvalue weighted by molar-refractivity contribution is 0.230. The van der Waals surface area contributed by atoms with Crippen molar-refractivity contribution in [1.82, 2.24) is 4.31 Å². The molecule has 3 nitrogen and oxygen atoms in total. The Labute approximate surface area is 66.4 Å². The standard InChI is InChI=1S/C6H12N2OS/c1-3-5(4-2)8(10)6(7)9/h3,5,10H,1,4H2,2H3,(H2,7,9). The van der Waals surface area contributed by atoms with Crippen LogP contribution in [0.5, 0.6) is 0 Å². The second-order valence-corrected chi connectivity index (χ2v) is 2.33. The number of nitrogens with zero attached hydrogens (tertiary/aromatic N) is 1. The molecular formula is C6H12N2OS. The Morgan fingerprint density at radius 3 is 2.60 bits per heavy atom. The Kier molecular flexibility index (Phi) is 3.95. The monoisotopic (exact) mass is 160 g/mol. The number of urea groups is 1. The highest BCUT2D eigenvalue weighted by molar-refractivity contribution is 7.78. The Morgan fingerprint density at radius 1 is 2.00 bits per heavy atom. The summed E-state index contributed by atoms with van der Waals surface area (Å²) in [6.45, 7) is 5.47. The van der Waals surface area contributed by atoms with Gasteiger partial charge < -0.3 is 5.73 Å². The molecule has 0 fully saturated rings. The molecule has 0 aliphatic heterocycles. The third-order valence-electron chi connectivity index (χ3n) is 1.23. The molecule has 0 aromatic carbocycles. The Balaban J connectivity index is 4.00. The number of nitrogens with two attached hydrogens (primary N) is 1. The van der Waals surface area contributed by atoms with Crippen molar-refractivity contribution in [3.63, 3.8) is 0 Å². The fraction of sp³-hybridized carbons (Fsp3) is 0.500. The topological polar surface area (TPSA) is 46.3 Å². The molecule has 0 spiro atoms. The van der Waals surface area contributed by atoms with Gasteiger partial charge in [0.25, 0.3) is 0 Å². The number of carbonyl (C=O) groups excluding carboxylic acids is 1. The largest absolute Gasteiger partial charge is 0.351 e. The Hall–Kier alpha value is -0.640. The smallest absolute Gasteiger partial charge is 0.325 e. The number of primary amides is 1. The second-order valence-electron chi connectivity index (χ2n) is 1.89. The van der Waals surface area contributed by atoms with E-state index in [4.69, 9.17) is 5.73 Å². The van der Waals surface area contributed by atoms with Crippen LogP contribution in [0, 0.1) is 0 Å². The number of carbonyl (C=O) groups is 1. The van der Waals surface area contributed by atoms with Gasteiger partial charge in [0.05, 0.1) is 6.04 Å². The highest BCUT2D eigenvalue weighted by Gasteiger charge is 2.12.